The Morgan fingerprint density at radius 1 is 0.865 bits per heavy atom. The fourth-order valence-corrected chi connectivity index (χ4v) is 5.00. The number of ether oxygens (including phenoxy) is 1. The van der Waals surface area contributed by atoms with Gasteiger partial charge >= 0.3 is 12.1 Å². The summed E-state index contributed by atoms with van der Waals surface area (Å²) in [6.07, 6.45) is -5.21. The van der Waals surface area contributed by atoms with Crippen LogP contribution in [0.1, 0.15) is 46.9 Å². The number of nitrogens with zero attached hydrogens (tertiary/aromatic N) is 1. The van der Waals surface area contributed by atoms with Crippen LogP contribution in [0.15, 0.2) is 72.8 Å². The molecule has 52 heavy (non-hydrogen) atoms. The minimum atomic E-state index is -5.05. The lowest BCUT2D eigenvalue weighted by molar-refractivity contribution is -0.165. The third kappa shape index (κ3) is 11.2. The number of benzene rings is 3. The summed E-state index contributed by atoms with van der Waals surface area (Å²) in [5.41, 5.74) is 0.745. The molecule has 3 aromatic rings. The molecule has 0 aliphatic carbocycles. The molecule has 0 fully saturated rings. The van der Waals surface area contributed by atoms with Crippen molar-refractivity contribution in [2.75, 3.05) is 13.7 Å². The number of carbonyl (C=O) groups excluding carboxylic acids is 5. The number of Topliss-reactive ketones (excluding diaryl/α,β-unsaturated/α-hetero) is 1. The first-order valence-electron chi connectivity index (χ1n) is 15.4. The van der Waals surface area contributed by atoms with Crippen molar-refractivity contribution in [3.8, 4) is 11.8 Å². The van der Waals surface area contributed by atoms with Gasteiger partial charge in [0, 0.05) is 17.0 Å². The van der Waals surface area contributed by atoms with Gasteiger partial charge in [-0.15, -0.1) is 0 Å². The van der Waals surface area contributed by atoms with Gasteiger partial charge in [0.15, 0.2) is 0 Å². The standard InChI is InChI=1S/C35H33ClF5N5O6/c1-19(2)27(29(47)35(40,41)33(51)43-18-34(37,38)39)45-32(50)28(22-10-12-25(52-3)13-11-22)46-31(49)26(16-20-6-5-9-24(36)15-20)44-30(48)23-8-4-7-21(14-23)17-42/h4-15,19,26-28H,16,18H2,1-3H3,(H,43,51)(H,44,48)(H,45,50)(H,46,49). The van der Waals surface area contributed by atoms with E-state index in [2.05, 4.69) is 16.0 Å². The van der Waals surface area contributed by atoms with Crippen LogP contribution in [0.4, 0.5) is 22.0 Å². The van der Waals surface area contributed by atoms with Crippen LogP contribution in [0, 0.1) is 17.2 Å². The number of ketones is 1. The van der Waals surface area contributed by atoms with Gasteiger partial charge in [0.1, 0.15) is 24.4 Å². The number of methoxy groups -OCH3 is 1. The number of halogens is 6. The van der Waals surface area contributed by atoms with Gasteiger partial charge in [-0.2, -0.15) is 27.2 Å². The highest BCUT2D eigenvalue weighted by Gasteiger charge is 2.52. The van der Waals surface area contributed by atoms with E-state index in [1.165, 1.54) is 75.6 Å². The molecule has 4 N–H and O–H groups in total. The quantitative estimate of drug-likeness (QED) is 0.132. The molecule has 17 heteroatoms. The molecule has 11 nitrogen and oxygen atoms in total. The monoisotopic (exact) mass is 749 g/mol. The van der Waals surface area contributed by atoms with Crippen molar-refractivity contribution in [2.24, 2.45) is 5.92 Å². The zero-order chi connectivity index (χ0) is 38.8. The van der Waals surface area contributed by atoms with Crippen molar-refractivity contribution in [1.29, 1.82) is 5.26 Å². The molecule has 0 aromatic heterocycles. The van der Waals surface area contributed by atoms with Gasteiger partial charge in [0.2, 0.25) is 17.6 Å². The van der Waals surface area contributed by atoms with Crippen molar-refractivity contribution >= 4 is 41.0 Å². The first-order valence-corrected chi connectivity index (χ1v) is 15.8. The summed E-state index contributed by atoms with van der Waals surface area (Å²) < 4.78 is 72.6. The normalized spacial score (nSPS) is 13.2. The Hall–Kier alpha value is -5.56. The van der Waals surface area contributed by atoms with Crippen LogP contribution in [-0.2, 0) is 25.6 Å². The summed E-state index contributed by atoms with van der Waals surface area (Å²) in [7, 11) is 1.36. The van der Waals surface area contributed by atoms with Gasteiger partial charge in [0.25, 0.3) is 11.8 Å². The van der Waals surface area contributed by atoms with Crippen LogP contribution in [0.3, 0.4) is 0 Å². The molecule has 4 amide bonds. The van der Waals surface area contributed by atoms with E-state index < -0.39 is 72.1 Å². The number of alkyl halides is 5. The second-order valence-corrected chi connectivity index (χ2v) is 12.2. The third-order valence-corrected chi connectivity index (χ3v) is 7.73. The molecule has 0 radical (unpaired) electrons. The number of rotatable bonds is 15. The zero-order valence-electron chi connectivity index (χ0n) is 27.8. The molecular formula is C35H33ClF5N5O6. The summed E-state index contributed by atoms with van der Waals surface area (Å²) in [6, 6.07) is 14.1. The van der Waals surface area contributed by atoms with E-state index in [-0.39, 0.29) is 23.1 Å². The van der Waals surface area contributed by atoms with Crippen molar-refractivity contribution in [1.82, 2.24) is 21.3 Å². The summed E-state index contributed by atoms with van der Waals surface area (Å²) in [4.78, 5) is 65.9. The lowest BCUT2D eigenvalue weighted by atomic mass is 9.94. The SMILES string of the molecule is COc1ccc(C(NC(=O)C(Cc2cccc(Cl)c2)NC(=O)c2cccc(C#N)c2)C(=O)NC(C(=O)C(F)(F)C(=O)NCC(F)(F)F)C(C)C)cc1. The maximum absolute atomic E-state index is 14.9. The number of nitriles is 1. The fraction of sp³-hybridized carbons (Fsp3) is 0.314. The van der Waals surface area contributed by atoms with Gasteiger partial charge in [-0.1, -0.05) is 55.8 Å². The smallest absolute Gasteiger partial charge is 0.405 e. The molecule has 0 saturated carbocycles. The molecule has 0 heterocycles. The average Bonchev–Trinajstić information content (AvgIpc) is 3.10. The van der Waals surface area contributed by atoms with Gasteiger partial charge in [-0.25, -0.2) is 0 Å². The van der Waals surface area contributed by atoms with Crippen LogP contribution < -0.4 is 26.0 Å². The molecule has 0 aliphatic rings. The van der Waals surface area contributed by atoms with Crippen molar-refractivity contribution in [3.63, 3.8) is 0 Å². The Morgan fingerprint density at radius 2 is 1.52 bits per heavy atom. The predicted molar refractivity (Wildman–Crippen MR) is 177 cm³/mol. The van der Waals surface area contributed by atoms with Crippen LogP contribution >= 0.6 is 11.6 Å². The average molecular weight is 750 g/mol. The number of nitrogens with one attached hydrogen (secondary N) is 4. The summed E-state index contributed by atoms with van der Waals surface area (Å²) in [6.45, 7) is 0.354. The third-order valence-electron chi connectivity index (χ3n) is 7.49. The lowest BCUT2D eigenvalue weighted by Crippen LogP contribution is -2.58. The van der Waals surface area contributed by atoms with E-state index in [9.17, 15) is 51.2 Å². The first-order chi connectivity index (χ1) is 24.4. The van der Waals surface area contributed by atoms with E-state index in [4.69, 9.17) is 16.3 Å². The Kier molecular flexibility index (Phi) is 13.8. The van der Waals surface area contributed by atoms with E-state index in [1.54, 1.807) is 18.2 Å². The fourth-order valence-electron chi connectivity index (χ4n) is 4.79. The minimum Gasteiger partial charge on any atom is -0.497 e. The van der Waals surface area contributed by atoms with Gasteiger partial charge < -0.3 is 26.0 Å². The second-order valence-electron chi connectivity index (χ2n) is 11.7. The summed E-state index contributed by atoms with van der Waals surface area (Å²) in [5, 5.41) is 17.7. The summed E-state index contributed by atoms with van der Waals surface area (Å²) >= 11 is 6.12. The lowest BCUT2D eigenvalue weighted by Gasteiger charge is -2.28. The highest BCUT2D eigenvalue weighted by atomic mass is 35.5. The van der Waals surface area contributed by atoms with E-state index in [0.717, 1.165) is 5.32 Å². The van der Waals surface area contributed by atoms with Crippen molar-refractivity contribution in [2.45, 2.75) is 50.5 Å². The largest absolute Gasteiger partial charge is 0.497 e. The van der Waals surface area contributed by atoms with Crippen molar-refractivity contribution in [3.05, 3.63) is 100 Å². The zero-order valence-corrected chi connectivity index (χ0v) is 28.6. The molecule has 0 aliphatic heterocycles. The highest BCUT2D eigenvalue weighted by Crippen LogP contribution is 2.24. The molecule has 3 aromatic carbocycles. The van der Waals surface area contributed by atoms with E-state index in [1.807, 2.05) is 6.07 Å². The Labute approximate surface area is 299 Å². The number of hydrogen-bond donors (Lipinski definition) is 4. The highest BCUT2D eigenvalue weighted by molar-refractivity contribution is 6.30. The number of amides is 4. The van der Waals surface area contributed by atoms with Crippen LogP contribution in [0.2, 0.25) is 5.02 Å². The molecule has 0 bridgehead atoms. The van der Waals surface area contributed by atoms with Crippen LogP contribution in [0.25, 0.3) is 0 Å². The van der Waals surface area contributed by atoms with E-state index in [0.29, 0.717) is 16.3 Å². The number of carbonyl (C=O) groups is 5. The number of hydrogen-bond acceptors (Lipinski definition) is 7. The second kappa shape index (κ2) is 17.6. The van der Waals surface area contributed by atoms with Crippen molar-refractivity contribution < 1.29 is 50.7 Å². The van der Waals surface area contributed by atoms with Gasteiger partial charge in [-0.05, 0) is 59.5 Å². The van der Waals surface area contributed by atoms with Crippen LogP contribution in [0.5, 0.6) is 5.75 Å². The Balaban J connectivity index is 1.98. The molecule has 3 rings (SSSR count). The Bertz CT molecular complexity index is 1830. The van der Waals surface area contributed by atoms with Gasteiger partial charge in [-0.3, -0.25) is 24.0 Å². The molecule has 0 saturated heterocycles. The van der Waals surface area contributed by atoms with Crippen LogP contribution in [-0.4, -0.2) is 67.2 Å². The van der Waals surface area contributed by atoms with E-state index >= 15 is 0 Å². The first kappa shape index (κ1) is 40.9. The molecular weight excluding hydrogens is 717 g/mol. The maximum Gasteiger partial charge on any atom is 0.405 e. The topological polar surface area (TPSA) is 166 Å². The molecule has 3 atom stereocenters. The molecule has 3 unspecified atom stereocenters. The maximum atomic E-state index is 14.9. The molecule has 276 valence electrons. The summed E-state index contributed by atoms with van der Waals surface area (Å²) in [5.74, 6) is -13.4. The van der Waals surface area contributed by atoms with Gasteiger partial charge in [0.05, 0.1) is 24.8 Å². The molecule has 0 spiro atoms. The minimum absolute atomic E-state index is 0.0332. The Morgan fingerprint density at radius 3 is 2.10 bits per heavy atom. The predicted octanol–water partition coefficient (Wildman–Crippen LogP) is 4.44.